The van der Waals surface area contributed by atoms with Crippen LogP contribution in [0.3, 0.4) is 0 Å². The first-order valence-electron chi connectivity index (χ1n) is 9.47. The maximum atomic E-state index is 14.1. The predicted molar refractivity (Wildman–Crippen MR) is 109 cm³/mol. The van der Waals surface area contributed by atoms with E-state index < -0.39 is 11.9 Å². The van der Waals surface area contributed by atoms with E-state index >= 15 is 0 Å². The van der Waals surface area contributed by atoms with Gasteiger partial charge in [0, 0.05) is 23.7 Å². The van der Waals surface area contributed by atoms with Crippen LogP contribution in [-0.4, -0.2) is 29.3 Å². The SMILES string of the molecule is CCCCNC(=O)C(C)N(Cc1ccccc1F)C(=O)Cc1ccc(Cl)cc1. The van der Waals surface area contributed by atoms with E-state index in [1.807, 2.05) is 6.92 Å². The number of amides is 2. The first-order valence-corrected chi connectivity index (χ1v) is 9.85. The lowest BCUT2D eigenvalue weighted by atomic mass is 10.1. The van der Waals surface area contributed by atoms with Crippen LogP contribution in [0.1, 0.15) is 37.8 Å². The number of carbonyl (C=O) groups is 2. The molecule has 4 nitrogen and oxygen atoms in total. The Balaban J connectivity index is 2.19. The number of halogens is 2. The third kappa shape index (κ3) is 6.34. The Morgan fingerprint density at radius 1 is 1.14 bits per heavy atom. The second-order valence-electron chi connectivity index (χ2n) is 6.74. The van der Waals surface area contributed by atoms with E-state index in [2.05, 4.69) is 5.32 Å². The fraction of sp³-hybridized carbons (Fsp3) is 0.364. The average Bonchev–Trinajstić information content (AvgIpc) is 2.68. The van der Waals surface area contributed by atoms with Crippen molar-refractivity contribution in [3.05, 3.63) is 70.5 Å². The molecule has 1 atom stereocenters. The number of benzene rings is 2. The van der Waals surface area contributed by atoms with Gasteiger partial charge in [-0.05, 0) is 37.1 Å². The van der Waals surface area contributed by atoms with Crippen LogP contribution in [0.4, 0.5) is 4.39 Å². The molecule has 0 aliphatic heterocycles. The van der Waals surface area contributed by atoms with Crippen LogP contribution in [0.2, 0.25) is 5.02 Å². The van der Waals surface area contributed by atoms with Crippen molar-refractivity contribution < 1.29 is 14.0 Å². The smallest absolute Gasteiger partial charge is 0.242 e. The molecule has 0 saturated carbocycles. The normalized spacial score (nSPS) is 11.7. The van der Waals surface area contributed by atoms with Crippen LogP contribution in [0, 0.1) is 5.82 Å². The summed E-state index contributed by atoms with van der Waals surface area (Å²) >= 11 is 5.90. The van der Waals surface area contributed by atoms with Crippen molar-refractivity contribution in [2.45, 2.75) is 45.7 Å². The summed E-state index contributed by atoms with van der Waals surface area (Å²) in [4.78, 5) is 26.9. The Morgan fingerprint density at radius 3 is 2.46 bits per heavy atom. The van der Waals surface area contributed by atoms with Gasteiger partial charge in [-0.3, -0.25) is 9.59 Å². The topological polar surface area (TPSA) is 49.4 Å². The molecule has 2 aromatic rings. The number of rotatable bonds is 9. The molecule has 2 aromatic carbocycles. The lowest BCUT2D eigenvalue weighted by molar-refractivity contribution is -0.140. The first-order chi connectivity index (χ1) is 13.4. The molecular weight excluding hydrogens is 379 g/mol. The summed E-state index contributed by atoms with van der Waals surface area (Å²) in [5.74, 6) is -0.886. The van der Waals surface area contributed by atoms with E-state index in [4.69, 9.17) is 11.6 Å². The fourth-order valence-electron chi connectivity index (χ4n) is 2.81. The quantitative estimate of drug-likeness (QED) is 0.631. The van der Waals surface area contributed by atoms with Crippen molar-refractivity contribution in [1.82, 2.24) is 10.2 Å². The van der Waals surface area contributed by atoms with Gasteiger partial charge in [0.2, 0.25) is 11.8 Å². The van der Waals surface area contributed by atoms with E-state index in [0.717, 1.165) is 18.4 Å². The molecule has 0 fully saturated rings. The first kappa shape index (κ1) is 21.9. The largest absolute Gasteiger partial charge is 0.354 e. The zero-order chi connectivity index (χ0) is 20.5. The minimum absolute atomic E-state index is 0.0292. The van der Waals surface area contributed by atoms with Crippen LogP contribution in [0.5, 0.6) is 0 Å². The van der Waals surface area contributed by atoms with Gasteiger partial charge in [0.25, 0.3) is 0 Å². The van der Waals surface area contributed by atoms with Gasteiger partial charge in [-0.15, -0.1) is 0 Å². The highest BCUT2D eigenvalue weighted by atomic mass is 35.5. The van der Waals surface area contributed by atoms with Crippen molar-refractivity contribution in [3.63, 3.8) is 0 Å². The molecule has 28 heavy (non-hydrogen) atoms. The number of hydrogen-bond donors (Lipinski definition) is 1. The second-order valence-corrected chi connectivity index (χ2v) is 7.17. The van der Waals surface area contributed by atoms with Gasteiger partial charge in [0.1, 0.15) is 11.9 Å². The summed E-state index contributed by atoms with van der Waals surface area (Å²) in [6.07, 6.45) is 1.94. The maximum absolute atomic E-state index is 14.1. The van der Waals surface area contributed by atoms with Crippen LogP contribution in [-0.2, 0) is 22.6 Å². The van der Waals surface area contributed by atoms with Crippen LogP contribution in [0.15, 0.2) is 48.5 Å². The molecule has 0 heterocycles. The summed E-state index contributed by atoms with van der Waals surface area (Å²) in [7, 11) is 0. The van der Waals surface area contributed by atoms with E-state index in [1.165, 1.54) is 11.0 Å². The minimum atomic E-state index is -0.712. The summed E-state index contributed by atoms with van der Waals surface area (Å²) in [6.45, 7) is 4.29. The summed E-state index contributed by atoms with van der Waals surface area (Å²) in [5, 5.41) is 3.43. The number of nitrogens with one attached hydrogen (secondary N) is 1. The molecule has 0 saturated heterocycles. The second kappa shape index (κ2) is 10.8. The number of unbranched alkanes of at least 4 members (excludes halogenated alkanes) is 1. The molecule has 150 valence electrons. The molecule has 0 aromatic heterocycles. The van der Waals surface area contributed by atoms with Gasteiger partial charge in [-0.1, -0.05) is 55.3 Å². The highest BCUT2D eigenvalue weighted by Crippen LogP contribution is 2.16. The highest BCUT2D eigenvalue weighted by Gasteiger charge is 2.26. The van der Waals surface area contributed by atoms with Crippen molar-refractivity contribution in [2.75, 3.05) is 6.54 Å². The summed E-state index contributed by atoms with van der Waals surface area (Å²) in [5.41, 5.74) is 1.16. The van der Waals surface area contributed by atoms with Crippen LogP contribution in [0.25, 0.3) is 0 Å². The van der Waals surface area contributed by atoms with Gasteiger partial charge in [0.15, 0.2) is 0 Å². The molecule has 6 heteroatoms. The summed E-state index contributed by atoms with van der Waals surface area (Å²) < 4.78 is 14.1. The van der Waals surface area contributed by atoms with Crippen molar-refractivity contribution in [1.29, 1.82) is 0 Å². The van der Waals surface area contributed by atoms with Crippen LogP contribution >= 0.6 is 11.6 Å². The lowest BCUT2D eigenvalue weighted by Gasteiger charge is -2.29. The molecule has 1 unspecified atom stereocenters. The van der Waals surface area contributed by atoms with E-state index in [1.54, 1.807) is 49.4 Å². The van der Waals surface area contributed by atoms with Gasteiger partial charge in [-0.25, -0.2) is 4.39 Å². The van der Waals surface area contributed by atoms with E-state index in [0.29, 0.717) is 17.1 Å². The molecular formula is C22H26ClFN2O2. The molecule has 2 amide bonds. The monoisotopic (exact) mass is 404 g/mol. The summed E-state index contributed by atoms with van der Waals surface area (Å²) in [6, 6.07) is 12.5. The predicted octanol–water partition coefficient (Wildman–Crippen LogP) is 4.36. The standard InChI is InChI=1S/C22H26ClFN2O2/c1-3-4-13-25-22(28)16(2)26(15-18-7-5-6-8-20(18)24)21(27)14-17-9-11-19(23)12-10-17/h5-12,16H,3-4,13-15H2,1-2H3,(H,25,28). The minimum Gasteiger partial charge on any atom is -0.354 e. The highest BCUT2D eigenvalue weighted by molar-refractivity contribution is 6.30. The number of hydrogen-bond acceptors (Lipinski definition) is 2. The Labute approximate surface area is 170 Å². The van der Waals surface area contributed by atoms with Gasteiger partial charge in [0.05, 0.1) is 6.42 Å². The average molecular weight is 405 g/mol. The molecule has 0 aliphatic rings. The molecule has 0 radical (unpaired) electrons. The maximum Gasteiger partial charge on any atom is 0.242 e. The van der Waals surface area contributed by atoms with E-state index in [-0.39, 0.29) is 24.8 Å². The Morgan fingerprint density at radius 2 is 1.82 bits per heavy atom. The Bertz CT molecular complexity index is 795. The zero-order valence-electron chi connectivity index (χ0n) is 16.3. The third-order valence-electron chi connectivity index (χ3n) is 4.56. The Hall–Kier alpha value is -2.40. The zero-order valence-corrected chi connectivity index (χ0v) is 17.0. The number of nitrogens with zero attached hydrogens (tertiary/aromatic N) is 1. The van der Waals surface area contributed by atoms with Crippen molar-refractivity contribution in [3.8, 4) is 0 Å². The van der Waals surface area contributed by atoms with Gasteiger partial charge < -0.3 is 10.2 Å². The van der Waals surface area contributed by atoms with Gasteiger partial charge in [-0.2, -0.15) is 0 Å². The fourth-order valence-corrected chi connectivity index (χ4v) is 2.93. The molecule has 2 rings (SSSR count). The van der Waals surface area contributed by atoms with Crippen molar-refractivity contribution in [2.24, 2.45) is 0 Å². The van der Waals surface area contributed by atoms with Crippen molar-refractivity contribution >= 4 is 23.4 Å². The number of carbonyl (C=O) groups excluding carboxylic acids is 2. The Kier molecular flexibility index (Phi) is 8.45. The van der Waals surface area contributed by atoms with Gasteiger partial charge >= 0.3 is 0 Å². The van der Waals surface area contributed by atoms with E-state index in [9.17, 15) is 14.0 Å². The molecule has 0 spiro atoms. The lowest BCUT2D eigenvalue weighted by Crippen LogP contribution is -2.48. The molecule has 1 N–H and O–H groups in total. The third-order valence-corrected chi connectivity index (χ3v) is 4.82. The van der Waals surface area contributed by atoms with Crippen LogP contribution < -0.4 is 5.32 Å². The molecule has 0 aliphatic carbocycles. The molecule has 0 bridgehead atoms.